The average molecular weight is 637 g/mol. The normalized spacial score (nSPS) is 40.4. The third kappa shape index (κ3) is 5.18. The number of ether oxygens (including phenoxy) is 2. The van der Waals surface area contributed by atoms with Crippen molar-refractivity contribution >= 4 is 17.7 Å². The van der Waals surface area contributed by atoms with Crippen molar-refractivity contribution in [3.05, 3.63) is 23.8 Å². The number of Topliss-reactive ketones (excluding diaryl/α,β-unsaturated/α-hetero) is 1. The Labute approximate surface area is 280 Å². The molecule has 46 heavy (non-hydrogen) atoms. The van der Waals surface area contributed by atoms with Gasteiger partial charge in [0.25, 0.3) is 0 Å². The lowest BCUT2D eigenvalue weighted by atomic mass is 9.33. The molecule has 5 heteroatoms. The van der Waals surface area contributed by atoms with Crippen LogP contribution in [0.3, 0.4) is 0 Å². The van der Waals surface area contributed by atoms with E-state index >= 15 is 0 Å². The zero-order valence-electron chi connectivity index (χ0n) is 31.3. The van der Waals surface area contributed by atoms with Crippen LogP contribution in [0.4, 0.5) is 0 Å². The van der Waals surface area contributed by atoms with Crippen molar-refractivity contribution in [2.75, 3.05) is 0 Å². The van der Waals surface area contributed by atoms with Crippen LogP contribution in [-0.4, -0.2) is 29.4 Å². The first-order valence-electron chi connectivity index (χ1n) is 18.3. The molecule has 5 nitrogen and oxygen atoms in total. The second-order valence-electron chi connectivity index (χ2n) is 19.5. The zero-order chi connectivity index (χ0) is 34.5. The highest BCUT2D eigenvalue weighted by Crippen LogP contribution is 2.76. The van der Waals surface area contributed by atoms with Crippen LogP contribution in [0, 0.1) is 56.2 Å². The van der Waals surface area contributed by atoms with Gasteiger partial charge in [0.1, 0.15) is 11.7 Å². The smallest absolute Gasteiger partial charge is 0.312 e. The maximum Gasteiger partial charge on any atom is 0.312 e. The van der Waals surface area contributed by atoms with Gasteiger partial charge in [-0.05, 0) is 137 Å². The summed E-state index contributed by atoms with van der Waals surface area (Å²) in [6, 6.07) is 0. The molecule has 258 valence electrons. The molecule has 4 saturated carbocycles. The summed E-state index contributed by atoms with van der Waals surface area (Å²) in [6.45, 7) is 30.2. The summed E-state index contributed by atoms with van der Waals surface area (Å²) in [7, 11) is 0. The SMILES string of the molecule is C=C[C@@]12CC[C@]3(C)[C@H](CC[C@@H]4[C@@]5(C)CC[C@H](OC(=O)CC(C)(C)C(=O)OC(C)(C)C)C(C)(C)[C@H]5CC[C@]43C)C1=C(C(C)C)C(=O)C2. The first-order valence-corrected chi connectivity index (χ1v) is 18.3. The van der Waals surface area contributed by atoms with Gasteiger partial charge in [-0.25, -0.2) is 0 Å². The van der Waals surface area contributed by atoms with E-state index in [4.69, 9.17) is 9.47 Å². The molecule has 0 bridgehead atoms. The van der Waals surface area contributed by atoms with E-state index in [0.29, 0.717) is 30.0 Å². The van der Waals surface area contributed by atoms with Crippen LogP contribution in [0.5, 0.6) is 0 Å². The molecular weight excluding hydrogens is 572 g/mol. The van der Waals surface area contributed by atoms with E-state index in [0.717, 1.165) is 44.1 Å². The minimum atomic E-state index is -0.948. The minimum absolute atomic E-state index is 0.0137. The van der Waals surface area contributed by atoms with Gasteiger partial charge in [0.05, 0.1) is 11.8 Å². The van der Waals surface area contributed by atoms with Gasteiger partial charge in [0.15, 0.2) is 5.78 Å². The Hall–Kier alpha value is -1.91. The van der Waals surface area contributed by atoms with Gasteiger partial charge in [-0.15, -0.1) is 6.58 Å². The summed E-state index contributed by atoms with van der Waals surface area (Å²) in [6.07, 6.45) is 11.3. The number of hydrogen-bond acceptors (Lipinski definition) is 5. The Balaban J connectivity index is 1.39. The van der Waals surface area contributed by atoms with Gasteiger partial charge >= 0.3 is 11.9 Å². The van der Waals surface area contributed by atoms with E-state index in [1.54, 1.807) is 13.8 Å². The number of esters is 2. The number of fused-ring (bicyclic) bond motifs is 7. The fourth-order valence-corrected chi connectivity index (χ4v) is 12.1. The molecule has 0 saturated heterocycles. The predicted molar refractivity (Wildman–Crippen MR) is 184 cm³/mol. The predicted octanol–water partition coefficient (Wildman–Crippen LogP) is 9.82. The minimum Gasteiger partial charge on any atom is -0.462 e. The molecule has 0 heterocycles. The summed E-state index contributed by atoms with van der Waals surface area (Å²) in [4.78, 5) is 39.7. The number of allylic oxidation sites excluding steroid dienone is 3. The molecule has 0 spiro atoms. The van der Waals surface area contributed by atoms with Gasteiger partial charge in [0, 0.05) is 17.3 Å². The summed E-state index contributed by atoms with van der Waals surface area (Å²) in [5, 5.41) is 0. The van der Waals surface area contributed by atoms with Gasteiger partial charge in [-0.1, -0.05) is 54.5 Å². The highest BCUT2D eigenvalue weighted by atomic mass is 16.6. The molecule has 0 amide bonds. The molecule has 8 atom stereocenters. The van der Waals surface area contributed by atoms with Crippen LogP contribution in [0.1, 0.15) is 147 Å². The maximum absolute atomic E-state index is 13.5. The quantitative estimate of drug-likeness (QED) is 0.214. The standard InChI is InChI=1S/C41H64O5/c1-14-41-22-21-39(12)26(33(41)32(25(2)3)27(42)23-41)15-16-29-38(11)19-18-30(37(9,10)28(38)17-20-40(29,39)13)45-31(43)24-36(7,8)34(44)46-35(4,5)6/h14,25-26,28-30H,1,15-24H2,2-13H3/t26-,28-,29-,30+,38+,39-,40-,41+/m1/s1. The first kappa shape index (κ1) is 35.4. The molecule has 5 aliphatic carbocycles. The van der Waals surface area contributed by atoms with Gasteiger partial charge < -0.3 is 9.47 Å². The van der Waals surface area contributed by atoms with Crippen molar-refractivity contribution in [1.82, 2.24) is 0 Å². The molecule has 0 aromatic heterocycles. The van der Waals surface area contributed by atoms with Gasteiger partial charge in [-0.2, -0.15) is 0 Å². The number of ketones is 1. The van der Waals surface area contributed by atoms with E-state index in [-0.39, 0.29) is 57.5 Å². The van der Waals surface area contributed by atoms with E-state index < -0.39 is 11.0 Å². The average Bonchev–Trinajstić information content (AvgIpc) is 3.22. The number of hydrogen-bond donors (Lipinski definition) is 0. The molecule has 5 aliphatic rings. The molecule has 4 fully saturated rings. The van der Waals surface area contributed by atoms with E-state index in [1.165, 1.54) is 18.4 Å². The fraction of sp³-hybridized carbons (Fsp3) is 0.829. The van der Waals surface area contributed by atoms with Crippen molar-refractivity contribution in [2.45, 2.75) is 159 Å². The highest BCUT2D eigenvalue weighted by Gasteiger charge is 2.70. The zero-order valence-corrected chi connectivity index (χ0v) is 31.3. The Morgan fingerprint density at radius 3 is 2.13 bits per heavy atom. The largest absolute Gasteiger partial charge is 0.462 e. The van der Waals surface area contributed by atoms with Crippen molar-refractivity contribution in [2.24, 2.45) is 56.2 Å². The number of carbonyl (C=O) groups is 3. The Bertz CT molecular complexity index is 1330. The highest BCUT2D eigenvalue weighted by molar-refractivity contribution is 6.01. The summed E-state index contributed by atoms with van der Waals surface area (Å²) in [5.74, 6) is 1.40. The molecule has 0 N–H and O–H groups in total. The van der Waals surface area contributed by atoms with Crippen LogP contribution in [0.2, 0.25) is 0 Å². The van der Waals surface area contributed by atoms with E-state index in [1.807, 2.05) is 20.8 Å². The van der Waals surface area contributed by atoms with Crippen LogP contribution >= 0.6 is 0 Å². The molecule has 0 aromatic rings. The van der Waals surface area contributed by atoms with Crippen molar-refractivity contribution in [3.8, 4) is 0 Å². The molecule has 0 radical (unpaired) electrons. The lowest BCUT2D eigenvalue weighted by Gasteiger charge is -2.72. The van der Waals surface area contributed by atoms with Crippen LogP contribution in [0.25, 0.3) is 0 Å². The Kier molecular flexibility index (Phi) is 8.51. The first-order chi connectivity index (χ1) is 21.0. The second-order valence-corrected chi connectivity index (χ2v) is 19.5. The molecular formula is C41H64O5. The monoisotopic (exact) mass is 636 g/mol. The van der Waals surface area contributed by atoms with Crippen molar-refractivity contribution < 1.29 is 23.9 Å². The molecule has 0 unspecified atom stereocenters. The van der Waals surface area contributed by atoms with E-state index in [9.17, 15) is 14.4 Å². The topological polar surface area (TPSA) is 69.7 Å². The maximum atomic E-state index is 13.5. The number of rotatable bonds is 6. The molecule has 0 aromatic carbocycles. The lowest BCUT2D eigenvalue weighted by Crippen LogP contribution is -2.65. The summed E-state index contributed by atoms with van der Waals surface area (Å²) >= 11 is 0. The lowest BCUT2D eigenvalue weighted by molar-refractivity contribution is -0.232. The summed E-state index contributed by atoms with van der Waals surface area (Å²) < 4.78 is 11.9. The number of carbonyl (C=O) groups excluding carboxylic acids is 3. The molecule has 5 rings (SSSR count). The Morgan fingerprint density at radius 1 is 0.891 bits per heavy atom. The van der Waals surface area contributed by atoms with Crippen molar-refractivity contribution in [3.63, 3.8) is 0 Å². The second kappa shape index (κ2) is 11.1. The Morgan fingerprint density at radius 2 is 1.54 bits per heavy atom. The third-order valence-corrected chi connectivity index (χ3v) is 14.6. The third-order valence-electron chi connectivity index (χ3n) is 14.6. The fourth-order valence-electron chi connectivity index (χ4n) is 12.1. The van der Waals surface area contributed by atoms with Gasteiger partial charge in [-0.3, -0.25) is 14.4 Å². The van der Waals surface area contributed by atoms with Crippen LogP contribution in [0.15, 0.2) is 23.8 Å². The summed E-state index contributed by atoms with van der Waals surface area (Å²) in [5.41, 5.74) is 1.18. The molecule has 0 aliphatic heterocycles. The van der Waals surface area contributed by atoms with Crippen LogP contribution < -0.4 is 0 Å². The van der Waals surface area contributed by atoms with Crippen molar-refractivity contribution in [1.29, 1.82) is 0 Å². The van der Waals surface area contributed by atoms with Gasteiger partial charge in [0.2, 0.25) is 0 Å². The van der Waals surface area contributed by atoms with Crippen LogP contribution in [-0.2, 0) is 23.9 Å². The van der Waals surface area contributed by atoms with E-state index in [2.05, 4.69) is 61.1 Å².